The van der Waals surface area contributed by atoms with Crippen molar-refractivity contribution in [2.45, 2.75) is 0 Å². The standard InChI is InChI=1S/C14H11ClN2/c15-11-7-5-10(6-8-11)14-9-16-12-3-1-2-4-13(12)17-14/h1-8,16H,9H2. The number of nitrogens with one attached hydrogen (secondary N) is 1. The van der Waals surface area contributed by atoms with Gasteiger partial charge in [-0.1, -0.05) is 35.9 Å². The van der Waals surface area contributed by atoms with Crippen LogP contribution in [0, 0.1) is 0 Å². The Bertz CT molecular complexity index is 573. The molecule has 0 saturated heterocycles. The third-order valence-electron chi connectivity index (χ3n) is 2.78. The maximum absolute atomic E-state index is 5.88. The summed E-state index contributed by atoms with van der Waals surface area (Å²) in [5.41, 5.74) is 4.23. The number of nitrogens with zero attached hydrogens (tertiary/aromatic N) is 1. The van der Waals surface area contributed by atoms with Gasteiger partial charge in [-0.3, -0.25) is 0 Å². The Morgan fingerprint density at radius 3 is 2.59 bits per heavy atom. The molecule has 2 aromatic carbocycles. The number of rotatable bonds is 1. The minimum Gasteiger partial charge on any atom is -0.378 e. The van der Waals surface area contributed by atoms with E-state index in [1.165, 1.54) is 0 Å². The van der Waals surface area contributed by atoms with Crippen molar-refractivity contribution in [2.75, 3.05) is 11.9 Å². The Labute approximate surface area is 105 Å². The number of para-hydroxylation sites is 2. The highest BCUT2D eigenvalue weighted by molar-refractivity contribution is 6.30. The third-order valence-corrected chi connectivity index (χ3v) is 3.04. The van der Waals surface area contributed by atoms with Crippen LogP contribution in [-0.2, 0) is 0 Å². The molecular formula is C14H11ClN2. The molecule has 0 spiro atoms. The fourth-order valence-corrected chi connectivity index (χ4v) is 2.02. The van der Waals surface area contributed by atoms with E-state index in [9.17, 15) is 0 Å². The molecule has 17 heavy (non-hydrogen) atoms. The fraction of sp³-hybridized carbons (Fsp3) is 0.0714. The van der Waals surface area contributed by atoms with Gasteiger partial charge in [0.2, 0.25) is 0 Å². The van der Waals surface area contributed by atoms with E-state index in [0.717, 1.165) is 34.2 Å². The zero-order chi connectivity index (χ0) is 11.7. The largest absolute Gasteiger partial charge is 0.378 e. The molecule has 0 aromatic heterocycles. The van der Waals surface area contributed by atoms with Crippen molar-refractivity contribution < 1.29 is 0 Å². The van der Waals surface area contributed by atoms with Crippen LogP contribution in [0.1, 0.15) is 5.56 Å². The lowest BCUT2D eigenvalue weighted by atomic mass is 10.1. The number of hydrogen-bond acceptors (Lipinski definition) is 2. The highest BCUT2D eigenvalue weighted by atomic mass is 35.5. The first-order valence-corrected chi connectivity index (χ1v) is 5.87. The van der Waals surface area contributed by atoms with Gasteiger partial charge in [-0.05, 0) is 29.8 Å². The smallest absolute Gasteiger partial charge is 0.0865 e. The minimum atomic E-state index is 0.749. The van der Waals surface area contributed by atoms with Gasteiger partial charge < -0.3 is 5.32 Å². The summed E-state index contributed by atoms with van der Waals surface area (Å²) >= 11 is 5.88. The molecule has 0 amide bonds. The molecule has 1 aliphatic heterocycles. The normalized spacial score (nSPS) is 13.6. The van der Waals surface area contributed by atoms with Gasteiger partial charge in [0, 0.05) is 5.02 Å². The average Bonchev–Trinajstić information content (AvgIpc) is 2.39. The summed E-state index contributed by atoms with van der Waals surface area (Å²) in [5.74, 6) is 0. The number of halogens is 1. The van der Waals surface area contributed by atoms with Crippen molar-refractivity contribution in [2.24, 2.45) is 4.99 Å². The summed E-state index contributed by atoms with van der Waals surface area (Å²) in [7, 11) is 0. The highest BCUT2D eigenvalue weighted by Gasteiger charge is 2.11. The molecule has 2 nitrogen and oxygen atoms in total. The Balaban J connectivity index is 2.01. The maximum Gasteiger partial charge on any atom is 0.0865 e. The first-order valence-electron chi connectivity index (χ1n) is 5.49. The summed E-state index contributed by atoms with van der Waals surface area (Å²) in [6.45, 7) is 0.749. The van der Waals surface area contributed by atoms with Crippen LogP contribution < -0.4 is 5.32 Å². The molecule has 0 atom stereocenters. The first kappa shape index (κ1) is 10.4. The van der Waals surface area contributed by atoms with Crippen LogP contribution in [-0.4, -0.2) is 12.3 Å². The Kier molecular flexibility index (Phi) is 2.57. The van der Waals surface area contributed by atoms with Gasteiger partial charge in [0.1, 0.15) is 0 Å². The van der Waals surface area contributed by atoms with Gasteiger partial charge in [-0.15, -0.1) is 0 Å². The van der Waals surface area contributed by atoms with Crippen LogP contribution in [0.2, 0.25) is 5.02 Å². The number of fused-ring (bicyclic) bond motifs is 1. The van der Waals surface area contributed by atoms with E-state index in [0.29, 0.717) is 0 Å². The molecule has 0 bridgehead atoms. The summed E-state index contributed by atoms with van der Waals surface area (Å²) in [5, 5.41) is 4.11. The molecule has 2 aromatic rings. The fourth-order valence-electron chi connectivity index (χ4n) is 1.89. The second kappa shape index (κ2) is 4.22. The number of hydrogen-bond donors (Lipinski definition) is 1. The number of benzene rings is 2. The number of aliphatic imine (C=N–C) groups is 1. The van der Waals surface area contributed by atoms with Crippen LogP contribution in [0.25, 0.3) is 0 Å². The molecule has 0 unspecified atom stereocenters. The van der Waals surface area contributed by atoms with E-state index >= 15 is 0 Å². The van der Waals surface area contributed by atoms with Crippen LogP contribution in [0.15, 0.2) is 53.5 Å². The van der Waals surface area contributed by atoms with Gasteiger partial charge in [0.15, 0.2) is 0 Å². The van der Waals surface area contributed by atoms with Crippen molar-refractivity contribution in [3.05, 3.63) is 59.1 Å². The van der Waals surface area contributed by atoms with E-state index in [-0.39, 0.29) is 0 Å². The number of anilines is 1. The molecule has 3 heteroatoms. The average molecular weight is 243 g/mol. The van der Waals surface area contributed by atoms with E-state index in [1.54, 1.807) is 0 Å². The van der Waals surface area contributed by atoms with E-state index < -0.39 is 0 Å². The second-order valence-electron chi connectivity index (χ2n) is 3.94. The Hall–Kier alpha value is -1.80. The highest BCUT2D eigenvalue weighted by Crippen LogP contribution is 2.28. The lowest BCUT2D eigenvalue weighted by molar-refractivity contribution is 1.29. The van der Waals surface area contributed by atoms with Crippen LogP contribution in [0.4, 0.5) is 11.4 Å². The van der Waals surface area contributed by atoms with Crippen molar-refractivity contribution >= 4 is 28.7 Å². The molecule has 3 rings (SSSR count). The summed E-state index contributed by atoms with van der Waals surface area (Å²) < 4.78 is 0. The molecule has 0 fully saturated rings. The molecule has 0 aliphatic carbocycles. The molecule has 0 radical (unpaired) electrons. The minimum absolute atomic E-state index is 0.749. The van der Waals surface area contributed by atoms with Crippen LogP contribution in [0.3, 0.4) is 0 Å². The monoisotopic (exact) mass is 242 g/mol. The van der Waals surface area contributed by atoms with Crippen molar-refractivity contribution in [3.8, 4) is 0 Å². The van der Waals surface area contributed by atoms with Gasteiger partial charge in [0.25, 0.3) is 0 Å². The molecule has 1 N–H and O–H groups in total. The molecule has 1 heterocycles. The van der Waals surface area contributed by atoms with Gasteiger partial charge in [-0.25, -0.2) is 4.99 Å². The maximum atomic E-state index is 5.88. The van der Waals surface area contributed by atoms with Gasteiger partial charge in [-0.2, -0.15) is 0 Å². The zero-order valence-electron chi connectivity index (χ0n) is 9.15. The predicted molar refractivity (Wildman–Crippen MR) is 72.6 cm³/mol. The molecular weight excluding hydrogens is 232 g/mol. The van der Waals surface area contributed by atoms with Gasteiger partial charge >= 0.3 is 0 Å². The predicted octanol–water partition coefficient (Wildman–Crippen LogP) is 3.89. The first-order chi connectivity index (χ1) is 8.33. The Morgan fingerprint density at radius 1 is 1.00 bits per heavy atom. The van der Waals surface area contributed by atoms with Crippen molar-refractivity contribution in [3.63, 3.8) is 0 Å². The lowest BCUT2D eigenvalue weighted by Gasteiger charge is -2.17. The lowest BCUT2D eigenvalue weighted by Crippen LogP contribution is -2.18. The van der Waals surface area contributed by atoms with Crippen molar-refractivity contribution in [1.29, 1.82) is 0 Å². The third kappa shape index (κ3) is 2.04. The van der Waals surface area contributed by atoms with E-state index in [1.807, 2.05) is 48.5 Å². The zero-order valence-corrected chi connectivity index (χ0v) is 9.91. The van der Waals surface area contributed by atoms with Crippen LogP contribution >= 0.6 is 11.6 Å². The van der Waals surface area contributed by atoms with Crippen molar-refractivity contribution in [1.82, 2.24) is 0 Å². The van der Waals surface area contributed by atoms with Crippen LogP contribution in [0.5, 0.6) is 0 Å². The Morgan fingerprint density at radius 2 is 1.76 bits per heavy atom. The quantitative estimate of drug-likeness (QED) is 0.806. The summed E-state index contributed by atoms with van der Waals surface area (Å²) in [4.78, 5) is 4.66. The molecule has 84 valence electrons. The van der Waals surface area contributed by atoms with E-state index in [2.05, 4.69) is 10.3 Å². The molecule has 0 saturated carbocycles. The van der Waals surface area contributed by atoms with Gasteiger partial charge in [0.05, 0.1) is 23.6 Å². The summed E-state index contributed by atoms with van der Waals surface area (Å²) in [6, 6.07) is 15.8. The second-order valence-corrected chi connectivity index (χ2v) is 4.37. The SMILES string of the molecule is Clc1ccc(C2=Nc3ccccc3NC2)cc1. The summed E-state index contributed by atoms with van der Waals surface area (Å²) in [6.07, 6.45) is 0. The van der Waals surface area contributed by atoms with E-state index in [4.69, 9.17) is 11.6 Å². The topological polar surface area (TPSA) is 24.4 Å². The molecule has 1 aliphatic rings.